The minimum Gasteiger partial charge on any atom is -0.303 e. The third-order valence-corrected chi connectivity index (χ3v) is 7.81. The van der Waals surface area contributed by atoms with Crippen molar-refractivity contribution in [2.45, 2.75) is 24.7 Å². The molecule has 0 atom stereocenters. The molecule has 1 aliphatic heterocycles. The van der Waals surface area contributed by atoms with Crippen LogP contribution in [-0.2, 0) is 10.2 Å². The van der Waals surface area contributed by atoms with E-state index in [0.717, 1.165) is 56.4 Å². The maximum absolute atomic E-state index is 12.0. The number of pyridine rings is 1. The summed E-state index contributed by atoms with van der Waals surface area (Å²) in [7, 11) is 0. The average Bonchev–Trinajstić information content (AvgIpc) is 3.01. The van der Waals surface area contributed by atoms with Crippen molar-refractivity contribution in [2.75, 3.05) is 31.1 Å². The van der Waals surface area contributed by atoms with Crippen molar-refractivity contribution in [3.05, 3.63) is 124 Å². The summed E-state index contributed by atoms with van der Waals surface area (Å²) in [6.07, 6.45) is 5.44. The number of aromatic nitrogens is 1. The predicted molar refractivity (Wildman–Crippen MR) is 154 cm³/mol. The van der Waals surface area contributed by atoms with E-state index in [1.165, 1.54) is 23.3 Å². The van der Waals surface area contributed by atoms with E-state index in [9.17, 15) is 14.9 Å². The lowest BCUT2D eigenvalue weighted by Crippen LogP contribution is -2.44. The van der Waals surface area contributed by atoms with Gasteiger partial charge in [-0.2, -0.15) is 0 Å². The Kier molecular flexibility index (Phi) is 8.08. The lowest BCUT2D eigenvalue weighted by molar-refractivity contribution is -0.384. The van der Waals surface area contributed by atoms with Crippen LogP contribution in [0.2, 0.25) is 0 Å². The van der Waals surface area contributed by atoms with Crippen molar-refractivity contribution in [3.8, 4) is 11.1 Å². The first-order valence-corrected chi connectivity index (χ1v) is 13.4. The zero-order valence-electron chi connectivity index (χ0n) is 21.9. The zero-order valence-corrected chi connectivity index (χ0v) is 21.9. The fourth-order valence-electron chi connectivity index (χ4n) is 5.63. The number of carbonyl (C=O) groups is 1. The van der Waals surface area contributed by atoms with Crippen molar-refractivity contribution in [1.29, 1.82) is 0 Å². The number of nitrogens with zero attached hydrogens (tertiary/aromatic N) is 4. The number of carbonyl (C=O) groups excluding carboxylic acids is 1. The Balaban J connectivity index is 1.20. The first kappa shape index (κ1) is 26.3. The smallest absolute Gasteiger partial charge is 0.269 e. The molecule has 198 valence electrons. The minimum atomic E-state index is -0.415. The highest BCUT2D eigenvalue weighted by atomic mass is 16.6. The van der Waals surface area contributed by atoms with E-state index in [4.69, 9.17) is 0 Å². The van der Waals surface area contributed by atoms with Crippen LogP contribution in [0.3, 0.4) is 0 Å². The van der Waals surface area contributed by atoms with Crippen LogP contribution in [0.1, 0.15) is 30.4 Å². The number of rotatable bonds is 10. The van der Waals surface area contributed by atoms with Crippen LogP contribution < -0.4 is 4.90 Å². The maximum Gasteiger partial charge on any atom is 0.269 e. The highest BCUT2D eigenvalue weighted by Gasteiger charge is 2.37. The van der Waals surface area contributed by atoms with Crippen LogP contribution >= 0.6 is 0 Å². The second-order valence-electron chi connectivity index (χ2n) is 10.0. The molecule has 0 aliphatic carbocycles. The lowest BCUT2D eigenvalue weighted by atomic mass is 9.68. The van der Waals surface area contributed by atoms with E-state index in [-0.39, 0.29) is 11.1 Å². The molecule has 0 unspecified atom stereocenters. The molecule has 3 aromatic carbocycles. The molecule has 7 nitrogen and oxygen atoms in total. The summed E-state index contributed by atoms with van der Waals surface area (Å²) in [5, 5.41) is 11.0. The average molecular weight is 521 g/mol. The molecule has 0 bridgehead atoms. The molecule has 1 fully saturated rings. The van der Waals surface area contributed by atoms with E-state index in [1.807, 2.05) is 12.1 Å². The second kappa shape index (κ2) is 12.0. The standard InChI is InChI=1S/C32H32N4O3/c37-25-35(31-24-27(16-19-33-31)26-12-14-30(15-13-26)36(38)39)21-7-20-34-22-17-32(18-23-34,28-8-3-1-4-9-28)29-10-5-2-6-11-29/h1-6,8-16,19,24-25H,7,17-18,20-23H2. The molecule has 0 spiro atoms. The minimum absolute atomic E-state index is 0.0239. The molecule has 1 amide bonds. The Morgan fingerprint density at radius 3 is 2.05 bits per heavy atom. The molecule has 1 aromatic heterocycles. The van der Waals surface area contributed by atoms with Crippen LogP contribution in [0.5, 0.6) is 0 Å². The van der Waals surface area contributed by atoms with Gasteiger partial charge in [-0.3, -0.25) is 19.8 Å². The van der Waals surface area contributed by atoms with Crippen LogP contribution in [0.4, 0.5) is 11.5 Å². The number of nitro benzene ring substituents is 1. The summed E-state index contributed by atoms with van der Waals surface area (Å²) in [4.78, 5) is 31.0. The molecule has 1 aliphatic rings. The molecule has 0 radical (unpaired) electrons. The number of non-ortho nitro benzene ring substituents is 1. The van der Waals surface area contributed by atoms with Crippen LogP contribution in [0, 0.1) is 10.1 Å². The van der Waals surface area contributed by atoms with Crippen molar-refractivity contribution in [3.63, 3.8) is 0 Å². The fraction of sp³-hybridized carbons (Fsp3) is 0.250. The zero-order chi connectivity index (χ0) is 27.1. The van der Waals surface area contributed by atoms with Crippen molar-refractivity contribution in [2.24, 2.45) is 0 Å². The largest absolute Gasteiger partial charge is 0.303 e. The van der Waals surface area contributed by atoms with Crippen molar-refractivity contribution >= 4 is 17.9 Å². The van der Waals surface area contributed by atoms with Gasteiger partial charge in [0.1, 0.15) is 5.82 Å². The normalized spacial score (nSPS) is 15.0. The molecule has 0 saturated carbocycles. The highest BCUT2D eigenvalue weighted by molar-refractivity contribution is 5.76. The van der Waals surface area contributed by atoms with Gasteiger partial charge in [-0.1, -0.05) is 60.7 Å². The summed E-state index contributed by atoms with van der Waals surface area (Å²) < 4.78 is 0. The fourth-order valence-corrected chi connectivity index (χ4v) is 5.63. The van der Waals surface area contributed by atoms with Crippen LogP contribution in [0.15, 0.2) is 103 Å². The Morgan fingerprint density at radius 1 is 0.872 bits per heavy atom. The summed E-state index contributed by atoms with van der Waals surface area (Å²) >= 11 is 0. The molecule has 1 saturated heterocycles. The van der Waals surface area contributed by atoms with Gasteiger partial charge in [0, 0.05) is 30.3 Å². The van der Waals surface area contributed by atoms with Gasteiger partial charge >= 0.3 is 0 Å². The number of piperidine rings is 1. The molecule has 2 heterocycles. The summed E-state index contributed by atoms with van der Waals surface area (Å²) in [6.45, 7) is 3.47. The van der Waals surface area contributed by atoms with E-state index in [2.05, 4.69) is 70.5 Å². The molecule has 7 heteroatoms. The number of nitro groups is 1. The number of benzene rings is 3. The second-order valence-corrected chi connectivity index (χ2v) is 10.0. The first-order chi connectivity index (χ1) is 19.1. The summed E-state index contributed by atoms with van der Waals surface area (Å²) in [5.74, 6) is 0.576. The van der Waals surface area contributed by atoms with Crippen LogP contribution in [-0.4, -0.2) is 47.4 Å². The molecular weight excluding hydrogens is 488 g/mol. The van der Waals surface area contributed by atoms with Gasteiger partial charge in [-0.05, 0) is 85.4 Å². The van der Waals surface area contributed by atoms with Gasteiger partial charge in [0.15, 0.2) is 0 Å². The molecule has 39 heavy (non-hydrogen) atoms. The third-order valence-electron chi connectivity index (χ3n) is 7.81. The Labute approximate surface area is 228 Å². The molecular formula is C32H32N4O3. The molecule has 4 aromatic rings. The van der Waals surface area contributed by atoms with Gasteiger partial charge in [0.05, 0.1) is 4.92 Å². The van der Waals surface area contributed by atoms with E-state index >= 15 is 0 Å². The van der Waals surface area contributed by atoms with Gasteiger partial charge in [0.2, 0.25) is 6.41 Å². The van der Waals surface area contributed by atoms with Crippen molar-refractivity contribution < 1.29 is 9.72 Å². The number of hydrogen-bond donors (Lipinski definition) is 0. The van der Waals surface area contributed by atoms with E-state index < -0.39 is 4.92 Å². The first-order valence-electron chi connectivity index (χ1n) is 13.4. The predicted octanol–water partition coefficient (Wildman–Crippen LogP) is 6.09. The number of anilines is 1. The van der Waals surface area contributed by atoms with Gasteiger partial charge in [0.25, 0.3) is 5.69 Å². The monoisotopic (exact) mass is 520 g/mol. The van der Waals surface area contributed by atoms with Gasteiger partial charge in [-0.25, -0.2) is 4.98 Å². The highest BCUT2D eigenvalue weighted by Crippen LogP contribution is 2.41. The Hall–Kier alpha value is -4.36. The topological polar surface area (TPSA) is 79.6 Å². The Morgan fingerprint density at radius 2 is 1.49 bits per heavy atom. The number of likely N-dealkylation sites (tertiary alicyclic amines) is 1. The molecule has 0 N–H and O–H groups in total. The van der Waals surface area contributed by atoms with E-state index in [1.54, 1.807) is 23.2 Å². The number of hydrogen-bond acceptors (Lipinski definition) is 5. The SMILES string of the molecule is O=CN(CCCN1CCC(c2ccccc2)(c2ccccc2)CC1)c1cc(-c2ccc([N+](=O)[O-])cc2)ccn1. The van der Waals surface area contributed by atoms with Crippen molar-refractivity contribution in [1.82, 2.24) is 9.88 Å². The number of amides is 1. The van der Waals surface area contributed by atoms with Gasteiger partial charge in [-0.15, -0.1) is 0 Å². The third kappa shape index (κ3) is 5.89. The maximum atomic E-state index is 12.0. The summed E-state index contributed by atoms with van der Waals surface area (Å²) in [5.41, 5.74) is 4.52. The lowest BCUT2D eigenvalue weighted by Gasteiger charge is -2.43. The summed E-state index contributed by atoms with van der Waals surface area (Å²) in [6, 6.07) is 31.8. The van der Waals surface area contributed by atoms with Gasteiger partial charge < -0.3 is 4.90 Å². The quantitative estimate of drug-likeness (QED) is 0.144. The Bertz CT molecular complexity index is 1340. The molecule has 5 rings (SSSR count). The van der Waals surface area contributed by atoms with E-state index in [0.29, 0.717) is 12.4 Å². The van der Waals surface area contributed by atoms with Crippen LogP contribution in [0.25, 0.3) is 11.1 Å².